The molecular formula is C17H13N. The fourth-order valence-electron chi connectivity index (χ4n) is 1.96. The van der Waals surface area contributed by atoms with Crippen molar-refractivity contribution in [3.8, 4) is 0 Å². The number of pyridine rings is 1. The highest BCUT2D eigenvalue weighted by Crippen LogP contribution is 2.16. The minimum absolute atomic E-state index is 1.18. The summed E-state index contributed by atoms with van der Waals surface area (Å²) in [4.78, 5) is 4.12. The Hall–Kier alpha value is -2.41. The molecule has 1 heteroatoms. The van der Waals surface area contributed by atoms with Crippen LogP contribution in [-0.4, -0.2) is 4.98 Å². The van der Waals surface area contributed by atoms with Gasteiger partial charge in [0.1, 0.15) is 0 Å². The van der Waals surface area contributed by atoms with Gasteiger partial charge in [0.05, 0.1) is 0 Å². The van der Waals surface area contributed by atoms with Crippen LogP contribution >= 0.6 is 0 Å². The normalized spacial score (nSPS) is 11.1. The maximum Gasteiger partial charge on any atom is 0.0346 e. The van der Waals surface area contributed by atoms with Gasteiger partial charge in [-0.05, 0) is 28.6 Å². The van der Waals surface area contributed by atoms with Gasteiger partial charge in [-0.15, -0.1) is 0 Å². The molecule has 86 valence electrons. The molecule has 3 rings (SSSR count). The topological polar surface area (TPSA) is 12.9 Å². The summed E-state index contributed by atoms with van der Waals surface area (Å²) in [6, 6.07) is 18.8. The highest BCUT2D eigenvalue weighted by atomic mass is 14.6. The van der Waals surface area contributed by atoms with Gasteiger partial charge in [-0.1, -0.05) is 54.6 Å². The summed E-state index contributed by atoms with van der Waals surface area (Å²) < 4.78 is 0. The van der Waals surface area contributed by atoms with Gasteiger partial charge >= 0.3 is 0 Å². The van der Waals surface area contributed by atoms with Crippen LogP contribution in [0.4, 0.5) is 0 Å². The third kappa shape index (κ3) is 2.30. The molecular weight excluding hydrogens is 218 g/mol. The Morgan fingerprint density at radius 2 is 1.56 bits per heavy atom. The van der Waals surface area contributed by atoms with E-state index in [4.69, 9.17) is 0 Å². The fourth-order valence-corrected chi connectivity index (χ4v) is 1.96. The van der Waals surface area contributed by atoms with Gasteiger partial charge in [-0.2, -0.15) is 0 Å². The summed E-state index contributed by atoms with van der Waals surface area (Å²) in [5, 5.41) is 2.40. The van der Waals surface area contributed by atoms with E-state index >= 15 is 0 Å². The summed E-state index contributed by atoms with van der Waals surface area (Å²) in [5.74, 6) is 0. The second-order valence-corrected chi connectivity index (χ2v) is 4.23. The first-order valence-electron chi connectivity index (χ1n) is 5.99. The molecule has 0 fully saturated rings. The maximum absolute atomic E-state index is 4.12. The van der Waals surface area contributed by atoms with E-state index in [1.807, 2.05) is 36.7 Å². The van der Waals surface area contributed by atoms with Gasteiger partial charge in [-0.3, -0.25) is 4.98 Å². The minimum Gasteiger partial charge on any atom is -0.264 e. The van der Waals surface area contributed by atoms with Crippen LogP contribution in [0.15, 0.2) is 67.0 Å². The van der Waals surface area contributed by atoms with Crippen molar-refractivity contribution < 1.29 is 0 Å². The molecule has 0 unspecified atom stereocenters. The Balaban J connectivity index is 1.93. The second kappa shape index (κ2) is 4.84. The number of nitrogens with zero attached hydrogens (tertiary/aromatic N) is 1. The number of hydrogen-bond donors (Lipinski definition) is 0. The Labute approximate surface area is 106 Å². The Bertz CT molecular complexity index is 684. The molecule has 0 aliphatic carbocycles. The van der Waals surface area contributed by atoms with Crippen LogP contribution in [0, 0.1) is 0 Å². The number of rotatable bonds is 2. The highest BCUT2D eigenvalue weighted by Gasteiger charge is 1.93. The predicted molar refractivity (Wildman–Crippen MR) is 77.1 cm³/mol. The molecule has 0 radical (unpaired) electrons. The first-order valence-corrected chi connectivity index (χ1v) is 5.99. The quantitative estimate of drug-likeness (QED) is 0.595. The molecule has 0 saturated heterocycles. The third-order valence-corrected chi connectivity index (χ3v) is 2.93. The molecule has 0 bridgehead atoms. The van der Waals surface area contributed by atoms with Gasteiger partial charge in [0, 0.05) is 17.8 Å². The van der Waals surface area contributed by atoms with E-state index in [0.29, 0.717) is 0 Å². The summed E-state index contributed by atoms with van der Waals surface area (Å²) in [7, 11) is 0. The van der Waals surface area contributed by atoms with E-state index in [9.17, 15) is 0 Å². The number of benzene rings is 2. The maximum atomic E-state index is 4.12. The predicted octanol–water partition coefficient (Wildman–Crippen LogP) is 4.41. The first kappa shape index (κ1) is 10.7. The second-order valence-electron chi connectivity index (χ2n) is 4.23. The Morgan fingerprint density at radius 3 is 2.44 bits per heavy atom. The van der Waals surface area contributed by atoms with Crippen molar-refractivity contribution in [3.05, 3.63) is 78.1 Å². The van der Waals surface area contributed by atoms with E-state index in [1.165, 1.54) is 21.9 Å². The van der Waals surface area contributed by atoms with Gasteiger partial charge in [-0.25, -0.2) is 0 Å². The largest absolute Gasteiger partial charge is 0.264 e. The summed E-state index contributed by atoms with van der Waals surface area (Å²) in [6.07, 6.45) is 7.98. The molecule has 0 aliphatic rings. The zero-order valence-corrected chi connectivity index (χ0v) is 9.95. The van der Waals surface area contributed by atoms with Crippen LogP contribution < -0.4 is 0 Å². The van der Waals surface area contributed by atoms with E-state index in [1.54, 1.807) is 0 Å². The van der Waals surface area contributed by atoms with E-state index in [2.05, 4.69) is 47.5 Å². The lowest BCUT2D eigenvalue weighted by Gasteiger charge is -1.98. The molecule has 0 atom stereocenters. The van der Waals surface area contributed by atoms with Crippen molar-refractivity contribution in [1.29, 1.82) is 0 Å². The van der Waals surface area contributed by atoms with Crippen molar-refractivity contribution in [2.24, 2.45) is 0 Å². The number of fused-ring (bicyclic) bond motifs is 1. The van der Waals surface area contributed by atoms with E-state index < -0.39 is 0 Å². The molecule has 0 spiro atoms. The van der Waals surface area contributed by atoms with Crippen molar-refractivity contribution >= 4 is 22.9 Å². The minimum atomic E-state index is 1.18. The van der Waals surface area contributed by atoms with Gasteiger partial charge in [0.25, 0.3) is 0 Å². The average molecular weight is 231 g/mol. The summed E-state index contributed by atoms with van der Waals surface area (Å²) in [6.45, 7) is 0. The van der Waals surface area contributed by atoms with Crippen LogP contribution in [0.25, 0.3) is 22.9 Å². The fraction of sp³-hybridized carbons (Fsp3) is 0. The molecule has 1 nitrogen and oxygen atoms in total. The SMILES string of the molecule is C(=C\c1ccc2cnccc2c1)/c1ccccc1. The van der Waals surface area contributed by atoms with Crippen LogP contribution in [0.3, 0.4) is 0 Å². The third-order valence-electron chi connectivity index (χ3n) is 2.93. The van der Waals surface area contributed by atoms with Gasteiger partial charge < -0.3 is 0 Å². The van der Waals surface area contributed by atoms with Gasteiger partial charge in [0.2, 0.25) is 0 Å². The molecule has 0 saturated carbocycles. The Morgan fingerprint density at radius 1 is 0.722 bits per heavy atom. The lowest BCUT2D eigenvalue weighted by molar-refractivity contribution is 1.36. The molecule has 0 amide bonds. The summed E-state index contributed by atoms with van der Waals surface area (Å²) >= 11 is 0. The van der Waals surface area contributed by atoms with Crippen molar-refractivity contribution in [2.45, 2.75) is 0 Å². The average Bonchev–Trinajstić information content (AvgIpc) is 2.46. The molecule has 0 N–H and O–H groups in total. The summed E-state index contributed by atoms with van der Waals surface area (Å²) in [5.41, 5.74) is 2.42. The molecule has 1 aromatic heterocycles. The molecule has 1 heterocycles. The standard InChI is InChI=1S/C17H13N/c1-2-4-14(5-3-1)6-7-15-8-9-17-13-18-11-10-16(17)12-15/h1-13H/b7-6+. The molecule has 3 aromatic rings. The molecule has 2 aromatic carbocycles. The van der Waals surface area contributed by atoms with Crippen LogP contribution in [0.1, 0.15) is 11.1 Å². The van der Waals surface area contributed by atoms with Crippen molar-refractivity contribution in [1.82, 2.24) is 4.98 Å². The van der Waals surface area contributed by atoms with Crippen LogP contribution in [0.5, 0.6) is 0 Å². The number of aromatic nitrogens is 1. The van der Waals surface area contributed by atoms with Crippen molar-refractivity contribution in [2.75, 3.05) is 0 Å². The van der Waals surface area contributed by atoms with Crippen LogP contribution in [-0.2, 0) is 0 Å². The smallest absolute Gasteiger partial charge is 0.0346 e. The van der Waals surface area contributed by atoms with Gasteiger partial charge in [0.15, 0.2) is 0 Å². The van der Waals surface area contributed by atoms with E-state index in [-0.39, 0.29) is 0 Å². The van der Waals surface area contributed by atoms with Crippen LogP contribution in [0.2, 0.25) is 0 Å². The highest BCUT2D eigenvalue weighted by molar-refractivity contribution is 5.85. The lowest BCUT2D eigenvalue weighted by Crippen LogP contribution is -1.77. The lowest BCUT2D eigenvalue weighted by atomic mass is 10.1. The first-order chi connectivity index (χ1) is 8.92. The van der Waals surface area contributed by atoms with E-state index in [0.717, 1.165) is 0 Å². The Kier molecular flexibility index (Phi) is 2.89. The molecule has 0 aliphatic heterocycles. The number of hydrogen-bond acceptors (Lipinski definition) is 1. The monoisotopic (exact) mass is 231 g/mol. The molecule has 18 heavy (non-hydrogen) atoms. The zero-order valence-electron chi connectivity index (χ0n) is 9.95. The zero-order chi connectivity index (χ0) is 12.2. The van der Waals surface area contributed by atoms with Crippen molar-refractivity contribution in [3.63, 3.8) is 0 Å².